The van der Waals surface area contributed by atoms with Gasteiger partial charge in [-0.05, 0) is 78.8 Å². The van der Waals surface area contributed by atoms with Gasteiger partial charge in [-0.25, -0.2) is 4.79 Å². The number of nitrogens with one attached hydrogen (secondary N) is 2. The van der Waals surface area contributed by atoms with Crippen molar-refractivity contribution in [2.75, 3.05) is 17.2 Å². The van der Waals surface area contributed by atoms with Gasteiger partial charge in [-0.3, -0.25) is 4.79 Å². The van der Waals surface area contributed by atoms with Gasteiger partial charge in [0.05, 0.1) is 0 Å². The van der Waals surface area contributed by atoms with E-state index in [1.54, 1.807) is 0 Å². The van der Waals surface area contributed by atoms with E-state index in [2.05, 4.69) is 45.6 Å². The highest BCUT2D eigenvalue weighted by atomic mass is 79.9. The Kier molecular flexibility index (Phi) is 4.91. The highest BCUT2D eigenvalue weighted by Gasteiger charge is 2.23. The molecule has 0 aliphatic carbocycles. The molecular weight excluding hydrogens is 406 g/mol. The second-order valence-electron chi connectivity index (χ2n) is 7.24. The molecule has 0 bridgehead atoms. The molecule has 140 valence electrons. The second-order valence-corrected chi connectivity index (χ2v) is 8.15. The van der Waals surface area contributed by atoms with E-state index in [1.807, 2.05) is 23.1 Å². The molecule has 2 aromatic carbocycles. The Morgan fingerprint density at radius 1 is 1.15 bits per heavy atom. The number of urea groups is 1. The van der Waals surface area contributed by atoms with Gasteiger partial charge in [0.1, 0.15) is 0 Å². The lowest BCUT2D eigenvalue weighted by molar-refractivity contribution is -0.116. The van der Waals surface area contributed by atoms with E-state index >= 15 is 0 Å². The summed E-state index contributed by atoms with van der Waals surface area (Å²) in [5.41, 5.74) is 6.45. The summed E-state index contributed by atoms with van der Waals surface area (Å²) in [6.45, 7) is 3.42. The molecule has 0 aromatic heterocycles. The molecule has 2 heterocycles. The molecule has 6 heteroatoms. The van der Waals surface area contributed by atoms with Crippen molar-refractivity contribution in [2.45, 2.75) is 39.2 Å². The van der Waals surface area contributed by atoms with Crippen molar-refractivity contribution in [1.82, 2.24) is 4.90 Å². The quantitative estimate of drug-likeness (QED) is 0.696. The highest BCUT2D eigenvalue weighted by Crippen LogP contribution is 2.28. The number of carbonyl (C=O) groups excluding carboxylic acids is 2. The van der Waals surface area contributed by atoms with Gasteiger partial charge >= 0.3 is 6.03 Å². The Hall–Kier alpha value is -2.34. The van der Waals surface area contributed by atoms with Crippen LogP contribution in [0.4, 0.5) is 16.2 Å². The number of halogens is 1. The molecule has 0 saturated carbocycles. The first kappa shape index (κ1) is 18.0. The summed E-state index contributed by atoms with van der Waals surface area (Å²) in [5.74, 6) is 0.0551. The first-order valence-electron chi connectivity index (χ1n) is 9.26. The van der Waals surface area contributed by atoms with Crippen LogP contribution < -0.4 is 10.6 Å². The van der Waals surface area contributed by atoms with Crippen LogP contribution in [0.25, 0.3) is 0 Å². The Labute approximate surface area is 167 Å². The predicted molar refractivity (Wildman–Crippen MR) is 110 cm³/mol. The molecule has 2 aliphatic rings. The van der Waals surface area contributed by atoms with E-state index in [1.165, 1.54) is 16.7 Å². The lowest BCUT2D eigenvalue weighted by Crippen LogP contribution is -2.39. The van der Waals surface area contributed by atoms with Crippen LogP contribution in [0.5, 0.6) is 0 Å². The van der Waals surface area contributed by atoms with Crippen molar-refractivity contribution in [3.63, 3.8) is 0 Å². The average Bonchev–Trinajstić information content (AvgIpc) is 2.81. The Bertz CT molecular complexity index is 926. The maximum absolute atomic E-state index is 12.8. The summed E-state index contributed by atoms with van der Waals surface area (Å²) in [7, 11) is 0. The van der Waals surface area contributed by atoms with Gasteiger partial charge < -0.3 is 15.5 Å². The highest BCUT2D eigenvalue weighted by molar-refractivity contribution is 9.10. The number of anilines is 2. The Morgan fingerprint density at radius 3 is 2.85 bits per heavy atom. The third-order valence-corrected chi connectivity index (χ3v) is 5.76. The minimum absolute atomic E-state index is 0.0551. The van der Waals surface area contributed by atoms with Crippen LogP contribution in [-0.4, -0.2) is 23.4 Å². The summed E-state index contributed by atoms with van der Waals surface area (Å²) in [5, 5.41) is 5.94. The van der Waals surface area contributed by atoms with Gasteiger partial charge in [0, 0.05) is 35.4 Å². The summed E-state index contributed by atoms with van der Waals surface area (Å²) in [4.78, 5) is 26.3. The van der Waals surface area contributed by atoms with Crippen molar-refractivity contribution in [2.24, 2.45) is 0 Å². The molecule has 0 fully saturated rings. The lowest BCUT2D eigenvalue weighted by atomic mass is 9.96. The largest absolute Gasteiger partial charge is 0.326 e. The van der Waals surface area contributed by atoms with Crippen LogP contribution >= 0.6 is 15.9 Å². The summed E-state index contributed by atoms with van der Waals surface area (Å²) >= 11 is 3.55. The van der Waals surface area contributed by atoms with Crippen LogP contribution in [0, 0.1) is 6.92 Å². The van der Waals surface area contributed by atoms with Crippen molar-refractivity contribution in [3.05, 3.63) is 57.1 Å². The fourth-order valence-electron chi connectivity index (χ4n) is 3.85. The molecule has 5 nitrogen and oxygen atoms in total. The standard InChI is InChI=1S/C21H22BrN3O2/c1-13-9-16(22)10-14-7-8-25(12-18(13)14)21(27)23-17-5-6-19-15(11-17)3-2-4-20(26)24-19/h5-6,9-11H,2-4,7-8,12H2,1H3,(H,23,27)(H,24,26). The lowest BCUT2D eigenvalue weighted by Gasteiger charge is -2.30. The molecule has 0 spiro atoms. The zero-order chi connectivity index (χ0) is 19.0. The molecule has 2 aromatic rings. The maximum atomic E-state index is 12.8. The number of rotatable bonds is 1. The predicted octanol–water partition coefficient (Wildman–Crippen LogP) is 4.62. The number of hydrogen-bond acceptors (Lipinski definition) is 2. The number of aryl methyl sites for hydroxylation is 2. The molecule has 27 heavy (non-hydrogen) atoms. The van der Waals surface area contributed by atoms with Gasteiger partial charge in [-0.2, -0.15) is 0 Å². The first-order valence-corrected chi connectivity index (χ1v) is 10.1. The smallest absolute Gasteiger partial charge is 0.322 e. The monoisotopic (exact) mass is 427 g/mol. The van der Waals surface area contributed by atoms with E-state index in [4.69, 9.17) is 0 Å². The zero-order valence-electron chi connectivity index (χ0n) is 15.3. The van der Waals surface area contributed by atoms with E-state index < -0.39 is 0 Å². The number of nitrogens with zero attached hydrogens (tertiary/aromatic N) is 1. The number of carbonyl (C=O) groups is 2. The summed E-state index contributed by atoms with van der Waals surface area (Å²) < 4.78 is 1.09. The third-order valence-electron chi connectivity index (χ3n) is 5.30. The molecule has 0 unspecified atom stereocenters. The van der Waals surface area contributed by atoms with Crippen LogP contribution in [0.1, 0.15) is 35.1 Å². The first-order chi connectivity index (χ1) is 13.0. The van der Waals surface area contributed by atoms with Crippen molar-refractivity contribution in [1.29, 1.82) is 0 Å². The van der Waals surface area contributed by atoms with Crippen LogP contribution in [0.3, 0.4) is 0 Å². The van der Waals surface area contributed by atoms with E-state index in [0.717, 1.165) is 40.7 Å². The van der Waals surface area contributed by atoms with Gasteiger partial charge in [-0.15, -0.1) is 0 Å². The minimum atomic E-state index is -0.0828. The van der Waals surface area contributed by atoms with Crippen LogP contribution in [0.2, 0.25) is 0 Å². The Morgan fingerprint density at radius 2 is 2.00 bits per heavy atom. The van der Waals surface area contributed by atoms with Crippen LogP contribution in [0.15, 0.2) is 34.8 Å². The average molecular weight is 428 g/mol. The van der Waals surface area contributed by atoms with Crippen LogP contribution in [-0.2, 0) is 24.2 Å². The number of fused-ring (bicyclic) bond motifs is 2. The molecule has 0 saturated heterocycles. The van der Waals surface area contributed by atoms with E-state index in [9.17, 15) is 9.59 Å². The van der Waals surface area contributed by atoms with Crippen molar-refractivity contribution in [3.8, 4) is 0 Å². The van der Waals surface area contributed by atoms with Crippen molar-refractivity contribution < 1.29 is 9.59 Å². The number of benzene rings is 2. The fourth-order valence-corrected chi connectivity index (χ4v) is 4.47. The Balaban J connectivity index is 1.48. The van der Waals surface area contributed by atoms with Gasteiger partial charge in [0.25, 0.3) is 0 Å². The third kappa shape index (κ3) is 3.86. The zero-order valence-corrected chi connectivity index (χ0v) is 16.9. The molecule has 4 rings (SSSR count). The molecule has 0 atom stereocenters. The maximum Gasteiger partial charge on any atom is 0.322 e. The summed E-state index contributed by atoms with van der Waals surface area (Å²) in [6, 6.07) is 9.86. The SMILES string of the molecule is Cc1cc(Br)cc2c1CN(C(=O)Nc1ccc3c(c1)CCCC(=O)N3)CC2. The van der Waals surface area contributed by atoms with Gasteiger partial charge in [0.15, 0.2) is 0 Å². The molecule has 2 aliphatic heterocycles. The molecule has 2 N–H and O–H groups in total. The second kappa shape index (κ2) is 7.35. The van der Waals surface area contributed by atoms with Gasteiger partial charge in [-0.1, -0.05) is 15.9 Å². The fraction of sp³-hybridized carbons (Fsp3) is 0.333. The molecular formula is C21H22BrN3O2. The molecule has 0 radical (unpaired) electrons. The minimum Gasteiger partial charge on any atom is -0.326 e. The van der Waals surface area contributed by atoms with E-state index in [-0.39, 0.29) is 11.9 Å². The topological polar surface area (TPSA) is 61.4 Å². The normalized spacial score (nSPS) is 16.1. The summed E-state index contributed by atoms with van der Waals surface area (Å²) in [6.07, 6.45) is 3.06. The van der Waals surface area contributed by atoms with E-state index in [0.29, 0.717) is 19.5 Å². The number of hydrogen-bond donors (Lipinski definition) is 2. The van der Waals surface area contributed by atoms with Crippen molar-refractivity contribution >= 4 is 39.2 Å². The molecule has 3 amide bonds. The van der Waals surface area contributed by atoms with Gasteiger partial charge in [0.2, 0.25) is 5.91 Å². The number of amides is 3.